The van der Waals surface area contributed by atoms with Crippen LogP contribution >= 0.6 is 0 Å². The van der Waals surface area contributed by atoms with E-state index in [0.717, 1.165) is 6.07 Å². The van der Waals surface area contributed by atoms with Gasteiger partial charge >= 0.3 is 6.18 Å². The van der Waals surface area contributed by atoms with E-state index in [1.807, 2.05) is 6.92 Å². The topological polar surface area (TPSA) is 47.3 Å². The molecule has 0 saturated heterocycles. The molecule has 0 amide bonds. The first-order chi connectivity index (χ1) is 10.7. The highest BCUT2D eigenvalue weighted by atomic mass is 19.4. The minimum Gasteiger partial charge on any atom is -0.494 e. The average Bonchev–Trinajstić information content (AvgIpc) is 2.83. The maximum atomic E-state index is 13.5. The van der Waals surface area contributed by atoms with Crippen LogP contribution < -0.4 is 4.74 Å². The van der Waals surface area contributed by atoms with Crippen LogP contribution in [0.25, 0.3) is 11.0 Å². The summed E-state index contributed by atoms with van der Waals surface area (Å²) in [6, 6.07) is 2.40. The Morgan fingerprint density at radius 3 is 2.65 bits per heavy atom. The van der Waals surface area contributed by atoms with Crippen molar-refractivity contribution in [3.63, 3.8) is 0 Å². The number of fused-ring (bicyclic) bond motifs is 1. The van der Waals surface area contributed by atoms with Crippen LogP contribution in [0.15, 0.2) is 18.5 Å². The fourth-order valence-electron chi connectivity index (χ4n) is 3.09. The summed E-state index contributed by atoms with van der Waals surface area (Å²) in [5.74, 6) is 0.178. The summed E-state index contributed by atoms with van der Waals surface area (Å²) >= 11 is 0. The number of aromatic nitrogens is 2. The van der Waals surface area contributed by atoms with Gasteiger partial charge in [0.2, 0.25) is 0 Å². The number of ether oxygens (including phenoxy) is 1. The maximum Gasteiger partial charge on any atom is 0.418 e. The molecule has 1 fully saturated rings. The van der Waals surface area contributed by atoms with Crippen LogP contribution in [0.3, 0.4) is 0 Å². The van der Waals surface area contributed by atoms with Crippen molar-refractivity contribution in [2.24, 2.45) is 0 Å². The Balaban J connectivity index is 2.07. The molecule has 1 saturated carbocycles. The lowest BCUT2D eigenvalue weighted by Gasteiger charge is -2.41. The lowest BCUT2D eigenvalue weighted by Crippen LogP contribution is -2.41. The van der Waals surface area contributed by atoms with Crippen LogP contribution in [0.4, 0.5) is 13.2 Å². The van der Waals surface area contributed by atoms with Gasteiger partial charge in [-0.25, -0.2) is 4.98 Å². The first kappa shape index (κ1) is 16.1. The van der Waals surface area contributed by atoms with Crippen LogP contribution in [0.2, 0.25) is 0 Å². The molecule has 4 nitrogen and oxygen atoms in total. The molecule has 1 N–H and O–H groups in total. The molecule has 7 heteroatoms. The molecule has 1 heterocycles. The molecular weight excluding hydrogens is 309 g/mol. The van der Waals surface area contributed by atoms with Crippen molar-refractivity contribution >= 4 is 11.0 Å². The molecule has 0 bridgehead atoms. The fraction of sp³-hybridized carbons (Fsp3) is 0.562. The van der Waals surface area contributed by atoms with Crippen LogP contribution in [0.5, 0.6) is 5.75 Å². The number of benzene rings is 1. The Bertz CT molecular complexity index is 714. The molecule has 2 aromatic rings. The van der Waals surface area contributed by atoms with E-state index in [2.05, 4.69) is 4.98 Å². The largest absolute Gasteiger partial charge is 0.494 e. The van der Waals surface area contributed by atoms with E-state index in [9.17, 15) is 18.3 Å². The number of alkyl halides is 3. The molecule has 1 aliphatic rings. The Morgan fingerprint density at radius 2 is 2.09 bits per heavy atom. The molecule has 126 valence electrons. The smallest absolute Gasteiger partial charge is 0.418 e. The van der Waals surface area contributed by atoms with Gasteiger partial charge in [0.1, 0.15) is 5.75 Å². The zero-order chi connectivity index (χ0) is 16.8. The van der Waals surface area contributed by atoms with E-state index in [-0.39, 0.29) is 22.8 Å². The summed E-state index contributed by atoms with van der Waals surface area (Å²) in [5.41, 5.74) is -1.24. The summed E-state index contributed by atoms with van der Waals surface area (Å²) in [6.45, 7) is 3.93. The van der Waals surface area contributed by atoms with Crippen LogP contribution in [-0.4, -0.2) is 26.9 Å². The minimum atomic E-state index is -4.49. The third-order valence-electron chi connectivity index (χ3n) is 4.17. The number of halogens is 3. The van der Waals surface area contributed by atoms with E-state index in [0.29, 0.717) is 25.9 Å². The van der Waals surface area contributed by atoms with E-state index < -0.39 is 17.3 Å². The molecule has 0 atom stereocenters. The molecule has 1 aromatic carbocycles. The molecule has 3 rings (SSSR count). The monoisotopic (exact) mass is 328 g/mol. The Labute approximate surface area is 131 Å². The SMILES string of the molecule is CCCOc1cc(C(F)(F)F)c2c(c1)ncn2C1CC(C)(O)C1. The lowest BCUT2D eigenvalue weighted by molar-refractivity contribution is -0.136. The second-order valence-corrected chi connectivity index (χ2v) is 6.40. The van der Waals surface area contributed by atoms with Gasteiger partial charge in [-0.3, -0.25) is 0 Å². The lowest BCUT2D eigenvalue weighted by atomic mass is 9.77. The summed E-state index contributed by atoms with van der Waals surface area (Å²) in [6.07, 6.45) is -1.52. The molecule has 0 unspecified atom stereocenters. The van der Waals surface area contributed by atoms with Crippen LogP contribution in [0, 0.1) is 0 Å². The summed E-state index contributed by atoms with van der Waals surface area (Å²) < 4.78 is 47.3. The Morgan fingerprint density at radius 1 is 1.39 bits per heavy atom. The fourth-order valence-corrected chi connectivity index (χ4v) is 3.09. The molecule has 0 spiro atoms. The standard InChI is InChI=1S/C16H19F3N2O2/c1-3-4-23-11-5-12(16(17,18)19)14-13(6-11)20-9-21(14)10-7-15(2,22)8-10/h5-6,9-10,22H,3-4,7-8H2,1-2H3. The summed E-state index contributed by atoms with van der Waals surface area (Å²) in [7, 11) is 0. The summed E-state index contributed by atoms with van der Waals surface area (Å²) in [5, 5.41) is 9.85. The third-order valence-corrected chi connectivity index (χ3v) is 4.17. The number of hydrogen-bond donors (Lipinski definition) is 1. The van der Waals surface area contributed by atoms with Gasteiger partial charge in [0, 0.05) is 12.1 Å². The predicted molar refractivity (Wildman–Crippen MR) is 79.4 cm³/mol. The van der Waals surface area contributed by atoms with Crippen molar-refractivity contribution in [1.82, 2.24) is 9.55 Å². The van der Waals surface area contributed by atoms with E-state index in [1.54, 1.807) is 6.92 Å². The van der Waals surface area contributed by atoms with Crippen molar-refractivity contribution in [3.8, 4) is 5.75 Å². The van der Waals surface area contributed by atoms with Crippen LogP contribution in [0.1, 0.15) is 44.7 Å². The zero-order valence-electron chi connectivity index (χ0n) is 13.0. The van der Waals surface area contributed by atoms with Crippen molar-refractivity contribution in [2.75, 3.05) is 6.61 Å². The van der Waals surface area contributed by atoms with Crippen molar-refractivity contribution in [2.45, 2.75) is 50.9 Å². The minimum absolute atomic E-state index is 0.0573. The normalized spacial score (nSPS) is 24.7. The molecule has 1 aliphatic carbocycles. The van der Waals surface area contributed by atoms with Gasteiger partial charge in [-0.15, -0.1) is 0 Å². The maximum absolute atomic E-state index is 13.5. The van der Waals surface area contributed by atoms with Gasteiger partial charge in [0.25, 0.3) is 0 Å². The Hall–Kier alpha value is -1.76. The molecule has 0 aliphatic heterocycles. The van der Waals surface area contributed by atoms with Crippen LogP contribution in [-0.2, 0) is 6.18 Å². The number of imidazole rings is 1. The van der Waals surface area contributed by atoms with Crippen molar-refractivity contribution in [1.29, 1.82) is 0 Å². The first-order valence-electron chi connectivity index (χ1n) is 7.64. The van der Waals surface area contributed by atoms with E-state index in [1.165, 1.54) is 17.0 Å². The highest BCUT2D eigenvalue weighted by Crippen LogP contribution is 2.45. The van der Waals surface area contributed by atoms with Gasteiger partial charge < -0.3 is 14.4 Å². The van der Waals surface area contributed by atoms with E-state index >= 15 is 0 Å². The number of nitrogens with zero attached hydrogens (tertiary/aromatic N) is 2. The summed E-state index contributed by atoms with van der Waals surface area (Å²) in [4.78, 5) is 4.11. The van der Waals surface area contributed by atoms with Gasteiger partial charge in [-0.1, -0.05) is 6.92 Å². The average molecular weight is 328 g/mol. The number of aliphatic hydroxyl groups is 1. The molecule has 0 radical (unpaired) electrons. The van der Waals surface area contributed by atoms with Crippen molar-refractivity contribution < 1.29 is 23.0 Å². The van der Waals surface area contributed by atoms with Gasteiger partial charge in [0.05, 0.1) is 35.1 Å². The van der Waals surface area contributed by atoms with E-state index in [4.69, 9.17) is 4.74 Å². The highest BCUT2D eigenvalue weighted by molar-refractivity contribution is 5.82. The Kier molecular flexibility index (Phi) is 3.78. The number of rotatable bonds is 4. The number of hydrogen-bond acceptors (Lipinski definition) is 3. The quantitative estimate of drug-likeness (QED) is 0.925. The second-order valence-electron chi connectivity index (χ2n) is 6.40. The predicted octanol–water partition coefficient (Wildman–Crippen LogP) is 3.93. The molecule has 1 aromatic heterocycles. The second kappa shape index (κ2) is 5.40. The molecule has 23 heavy (non-hydrogen) atoms. The van der Waals surface area contributed by atoms with Gasteiger partial charge in [-0.05, 0) is 32.3 Å². The van der Waals surface area contributed by atoms with Gasteiger partial charge in [-0.2, -0.15) is 13.2 Å². The molecular formula is C16H19F3N2O2. The van der Waals surface area contributed by atoms with Crippen molar-refractivity contribution in [3.05, 3.63) is 24.0 Å². The third kappa shape index (κ3) is 3.02. The van der Waals surface area contributed by atoms with Gasteiger partial charge in [0.15, 0.2) is 0 Å². The first-order valence-corrected chi connectivity index (χ1v) is 7.64. The highest BCUT2D eigenvalue weighted by Gasteiger charge is 2.42. The zero-order valence-corrected chi connectivity index (χ0v) is 13.0.